The summed E-state index contributed by atoms with van der Waals surface area (Å²) in [7, 11) is 0. The standard InChI is InChI=1S/C17H23BrO2/c1-12(2)14-6-8-17(9-7-14,16(19)20)11-13-4-3-5-15(18)10-13/h3-5,10,12,14H,6-9,11H2,1-2H3,(H,19,20). The molecule has 0 atom stereocenters. The van der Waals surface area contributed by atoms with Crippen LogP contribution in [0.3, 0.4) is 0 Å². The summed E-state index contributed by atoms with van der Waals surface area (Å²) in [6, 6.07) is 8.03. The van der Waals surface area contributed by atoms with Crippen molar-refractivity contribution in [2.75, 3.05) is 0 Å². The molecule has 1 fully saturated rings. The lowest BCUT2D eigenvalue weighted by Crippen LogP contribution is -2.38. The maximum atomic E-state index is 11.8. The zero-order chi connectivity index (χ0) is 14.8. The quantitative estimate of drug-likeness (QED) is 0.846. The molecule has 0 aliphatic heterocycles. The number of carboxylic acid groups (broad SMARTS) is 1. The van der Waals surface area contributed by atoms with E-state index in [9.17, 15) is 9.90 Å². The number of carboxylic acids is 1. The Bertz CT molecular complexity index is 474. The second kappa shape index (κ2) is 6.30. The normalized spacial score (nSPS) is 26.7. The predicted octanol–water partition coefficient (Wildman–Crippen LogP) is 4.91. The molecular formula is C17H23BrO2. The van der Waals surface area contributed by atoms with Crippen molar-refractivity contribution in [3.05, 3.63) is 34.3 Å². The Balaban J connectivity index is 2.14. The third-order valence-corrected chi connectivity index (χ3v) is 5.31. The molecule has 1 N–H and O–H groups in total. The van der Waals surface area contributed by atoms with E-state index in [1.807, 2.05) is 24.3 Å². The minimum atomic E-state index is -0.625. The van der Waals surface area contributed by atoms with Crippen LogP contribution in [0.4, 0.5) is 0 Å². The number of rotatable bonds is 4. The fraction of sp³-hybridized carbons (Fsp3) is 0.588. The van der Waals surface area contributed by atoms with Crippen molar-refractivity contribution in [3.63, 3.8) is 0 Å². The van der Waals surface area contributed by atoms with Gasteiger partial charge in [-0.05, 0) is 61.6 Å². The van der Waals surface area contributed by atoms with E-state index in [4.69, 9.17) is 0 Å². The highest BCUT2D eigenvalue weighted by atomic mass is 79.9. The molecule has 1 aliphatic carbocycles. The summed E-state index contributed by atoms with van der Waals surface area (Å²) in [6.45, 7) is 4.49. The molecule has 0 heterocycles. The molecule has 1 aliphatic rings. The van der Waals surface area contributed by atoms with E-state index in [1.165, 1.54) is 0 Å². The zero-order valence-corrected chi connectivity index (χ0v) is 13.8. The van der Waals surface area contributed by atoms with E-state index < -0.39 is 11.4 Å². The summed E-state index contributed by atoms with van der Waals surface area (Å²) in [5.41, 5.74) is 0.552. The maximum absolute atomic E-state index is 11.8. The van der Waals surface area contributed by atoms with Gasteiger partial charge in [-0.2, -0.15) is 0 Å². The summed E-state index contributed by atoms with van der Waals surface area (Å²) in [5.74, 6) is 0.720. The average Bonchev–Trinajstić information content (AvgIpc) is 2.39. The molecule has 1 saturated carbocycles. The summed E-state index contributed by atoms with van der Waals surface area (Å²) >= 11 is 3.46. The third kappa shape index (κ3) is 3.43. The van der Waals surface area contributed by atoms with E-state index >= 15 is 0 Å². The van der Waals surface area contributed by atoms with Crippen LogP contribution in [0.2, 0.25) is 0 Å². The van der Waals surface area contributed by atoms with Gasteiger partial charge < -0.3 is 5.11 Å². The van der Waals surface area contributed by atoms with Crippen molar-refractivity contribution >= 4 is 21.9 Å². The highest BCUT2D eigenvalue weighted by Crippen LogP contribution is 2.44. The van der Waals surface area contributed by atoms with Crippen molar-refractivity contribution in [1.82, 2.24) is 0 Å². The molecule has 0 radical (unpaired) electrons. The number of carbonyl (C=O) groups is 1. The first-order valence-corrected chi connectivity index (χ1v) is 8.20. The van der Waals surface area contributed by atoms with Gasteiger partial charge in [0.2, 0.25) is 0 Å². The Morgan fingerprint density at radius 3 is 2.55 bits per heavy atom. The summed E-state index contributed by atoms with van der Waals surface area (Å²) in [6.07, 6.45) is 4.33. The van der Waals surface area contributed by atoms with E-state index in [1.54, 1.807) is 0 Å². The van der Waals surface area contributed by atoms with Crippen LogP contribution in [0.25, 0.3) is 0 Å². The Morgan fingerprint density at radius 1 is 1.40 bits per heavy atom. The van der Waals surface area contributed by atoms with Gasteiger partial charge in [-0.15, -0.1) is 0 Å². The molecule has 0 bridgehead atoms. The second-order valence-corrected chi connectivity index (χ2v) is 7.39. The van der Waals surface area contributed by atoms with Crippen LogP contribution in [0.1, 0.15) is 45.1 Å². The Hall–Kier alpha value is -0.830. The minimum Gasteiger partial charge on any atom is -0.481 e. The first-order chi connectivity index (χ1) is 9.43. The van der Waals surface area contributed by atoms with Crippen LogP contribution in [0.15, 0.2) is 28.7 Å². The van der Waals surface area contributed by atoms with E-state index in [0.717, 1.165) is 35.7 Å². The predicted molar refractivity (Wildman–Crippen MR) is 84.7 cm³/mol. The number of benzene rings is 1. The van der Waals surface area contributed by atoms with Gasteiger partial charge in [0.15, 0.2) is 0 Å². The molecule has 3 heteroatoms. The SMILES string of the molecule is CC(C)C1CCC(Cc2cccc(Br)c2)(C(=O)O)CC1. The van der Waals surface area contributed by atoms with Gasteiger partial charge in [-0.3, -0.25) is 4.79 Å². The fourth-order valence-corrected chi connectivity index (χ4v) is 3.81. The summed E-state index contributed by atoms with van der Waals surface area (Å²) < 4.78 is 1.02. The van der Waals surface area contributed by atoms with Gasteiger partial charge in [0.1, 0.15) is 0 Å². The molecule has 0 amide bonds. The maximum Gasteiger partial charge on any atom is 0.309 e. The third-order valence-electron chi connectivity index (χ3n) is 4.82. The number of hydrogen-bond donors (Lipinski definition) is 1. The highest BCUT2D eigenvalue weighted by molar-refractivity contribution is 9.10. The van der Waals surface area contributed by atoms with Crippen LogP contribution >= 0.6 is 15.9 Å². The molecule has 110 valence electrons. The second-order valence-electron chi connectivity index (χ2n) is 6.47. The number of hydrogen-bond acceptors (Lipinski definition) is 1. The highest BCUT2D eigenvalue weighted by Gasteiger charge is 2.42. The van der Waals surface area contributed by atoms with Gasteiger partial charge in [0, 0.05) is 4.47 Å². The number of aliphatic carboxylic acids is 1. The first kappa shape index (κ1) is 15.6. The molecule has 1 aromatic rings. The summed E-state index contributed by atoms with van der Waals surface area (Å²) in [5, 5.41) is 9.73. The monoisotopic (exact) mass is 338 g/mol. The molecule has 0 unspecified atom stereocenters. The minimum absolute atomic E-state index is 0.563. The van der Waals surface area contributed by atoms with Crippen LogP contribution in [-0.2, 0) is 11.2 Å². The van der Waals surface area contributed by atoms with Gasteiger partial charge in [0.25, 0.3) is 0 Å². The van der Waals surface area contributed by atoms with Crippen molar-refractivity contribution < 1.29 is 9.90 Å². The van der Waals surface area contributed by atoms with Gasteiger partial charge in [0.05, 0.1) is 5.41 Å². The summed E-state index contributed by atoms with van der Waals surface area (Å²) in [4.78, 5) is 11.8. The van der Waals surface area contributed by atoms with Crippen molar-refractivity contribution in [2.24, 2.45) is 17.3 Å². The van der Waals surface area contributed by atoms with Crippen LogP contribution in [-0.4, -0.2) is 11.1 Å². The first-order valence-electron chi connectivity index (χ1n) is 7.41. The lowest BCUT2D eigenvalue weighted by atomic mass is 9.65. The molecular weight excluding hydrogens is 316 g/mol. The molecule has 20 heavy (non-hydrogen) atoms. The molecule has 2 rings (SSSR count). The molecule has 1 aromatic carbocycles. The Morgan fingerprint density at radius 2 is 2.05 bits per heavy atom. The van der Waals surface area contributed by atoms with Crippen LogP contribution in [0.5, 0.6) is 0 Å². The zero-order valence-electron chi connectivity index (χ0n) is 12.2. The van der Waals surface area contributed by atoms with Crippen LogP contribution in [0, 0.1) is 17.3 Å². The fourth-order valence-electron chi connectivity index (χ4n) is 3.36. The largest absolute Gasteiger partial charge is 0.481 e. The Labute approximate surface area is 129 Å². The number of halogens is 1. The van der Waals surface area contributed by atoms with Gasteiger partial charge >= 0.3 is 5.97 Å². The smallest absolute Gasteiger partial charge is 0.309 e. The Kier molecular flexibility index (Phi) is 4.90. The average molecular weight is 339 g/mol. The van der Waals surface area contributed by atoms with Crippen molar-refractivity contribution in [3.8, 4) is 0 Å². The molecule has 0 spiro atoms. The molecule has 0 saturated heterocycles. The van der Waals surface area contributed by atoms with E-state index in [-0.39, 0.29) is 0 Å². The van der Waals surface area contributed by atoms with Crippen LogP contribution < -0.4 is 0 Å². The van der Waals surface area contributed by atoms with Gasteiger partial charge in [-0.1, -0.05) is 41.9 Å². The lowest BCUT2D eigenvalue weighted by molar-refractivity contribution is -0.151. The van der Waals surface area contributed by atoms with Gasteiger partial charge in [-0.25, -0.2) is 0 Å². The molecule has 2 nitrogen and oxygen atoms in total. The van der Waals surface area contributed by atoms with E-state index in [0.29, 0.717) is 18.3 Å². The molecule has 0 aromatic heterocycles. The lowest BCUT2D eigenvalue weighted by Gasteiger charge is -2.38. The van der Waals surface area contributed by atoms with Crippen molar-refractivity contribution in [1.29, 1.82) is 0 Å². The topological polar surface area (TPSA) is 37.3 Å². The van der Waals surface area contributed by atoms with Crippen molar-refractivity contribution in [2.45, 2.75) is 46.0 Å². The van der Waals surface area contributed by atoms with E-state index in [2.05, 4.69) is 29.8 Å².